The fraction of sp³-hybridized carbons (Fsp3) is 0.478. The molecule has 0 unspecified atom stereocenters. The van der Waals surface area contributed by atoms with Crippen LogP contribution < -0.4 is 4.90 Å². The van der Waals surface area contributed by atoms with Gasteiger partial charge in [0.25, 0.3) is 0 Å². The molecule has 0 N–H and O–H groups in total. The molecule has 1 fully saturated rings. The molecule has 1 aliphatic rings. The van der Waals surface area contributed by atoms with Gasteiger partial charge in [0.15, 0.2) is 0 Å². The average Bonchev–Trinajstić information content (AvgIpc) is 2.86. The molecule has 4 rings (SSSR count). The lowest BCUT2D eigenvalue weighted by molar-refractivity contribution is 0.726. The lowest BCUT2D eigenvalue weighted by Gasteiger charge is -2.23. The second-order valence-electron chi connectivity index (χ2n) is 7.93. The minimum atomic E-state index is 0.359. The molecule has 0 spiro atoms. The Morgan fingerprint density at radius 2 is 1.71 bits per heavy atom. The van der Waals surface area contributed by atoms with Crippen LogP contribution in [-0.2, 0) is 6.42 Å². The Labute approximate surface area is 176 Å². The smallest absolute Gasteiger partial charge is 0.225 e. The quantitative estimate of drug-likeness (QED) is 0.428. The predicted octanol–water partition coefficient (Wildman–Crippen LogP) is 7.08. The molecule has 0 amide bonds. The van der Waals surface area contributed by atoms with E-state index in [0.29, 0.717) is 11.2 Å². The van der Waals surface area contributed by atoms with Crippen molar-refractivity contribution in [2.24, 2.45) is 0 Å². The highest BCUT2D eigenvalue weighted by Crippen LogP contribution is 2.43. The number of nitrogens with zero attached hydrogens (tertiary/aromatic N) is 3. The molecule has 1 aromatic carbocycles. The van der Waals surface area contributed by atoms with E-state index >= 15 is 0 Å². The van der Waals surface area contributed by atoms with Crippen molar-refractivity contribution in [2.45, 2.75) is 58.8 Å². The fourth-order valence-corrected chi connectivity index (χ4v) is 5.45. The number of thiophene rings is 1. The molecule has 0 saturated carbocycles. The van der Waals surface area contributed by atoms with Gasteiger partial charge in [0, 0.05) is 23.5 Å². The zero-order chi connectivity index (χ0) is 19.7. The van der Waals surface area contributed by atoms with Crippen LogP contribution in [0.1, 0.15) is 62.8 Å². The molecule has 28 heavy (non-hydrogen) atoms. The van der Waals surface area contributed by atoms with Crippen LogP contribution in [0.2, 0.25) is 5.28 Å². The van der Waals surface area contributed by atoms with Crippen molar-refractivity contribution in [2.75, 3.05) is 18.0 Å². The Hall–Kier alpha value is -1.65. The van der Waals surface area contributed by atoms with Crippen LogP contribution in [-0.4, -0.2) is 23.1 Å². The van der Waals surface area contributed by atoms with Crippen molar-refractivity contribution in [3.05, 3.63) is 40.0 Å². The van der Waals surface area contributed by atoms with Crippen LogP contribution in [0.15, 0.2) is 24.3 Å². The largest absolute Gasteiger partial charge is 0.356 e. The summed E-state index contributed by atoms with van der Waals surface area (Å²) < 4.78 is 0. The molecule has 0 aliphatic carbocycles. The molecular weight excluding hydrogens is 386 g/mol. The van der Waals surface area contributed by atoms with Gasteiger partial charge in [0.1, 0.15) is 10.6 Å². The molecule has 0 bridgehead atoms. The summed E-state index contributed by atoms with van der Waals surface area (Å²) in [5.41, 5.74) is 3.93. The first-order valence-electron chi connectivity index (χ1n) is 10.4. The van der Waals surface area contributed by atoms with E-state index in [1.165, 1.54) is 52.6 Å². The van der Waals surface area contributed by atoms with E-state index in [0.717, 1.165) is 30.2 Å². The van der Waals surface area contributed by atoms with Gasteiger partial charge < -0.3 is 4.90 Å². The third-order valence-corrected chi connectivity index (χ3v) is 7.07. The van der Waals surface area contributed by atoms with Gasteiger partial charge in [-0.15, -0.1) is 11.3 Å². The first kappa shape index (κ1) is 19.7. The van der Waals surface area contributed by atoms with Crippen molar-refractivity contribution in [3.8, 4) is 11.1 Å². The Morgan fingerprint density at radius 3 is 2.32 bits per heavy atom. The number of halogens is 1. The Kier molecular flexibility index (Phi) is 5.88. The maximum absolute atomic E-state index is 6.35. The van der Waals surface area contributed by atoms with Gasteiger partial charge in [0.05, 0.1) is 5.39 Å². The molecule has 0 atom stereocenters. The van der Waals surface area contributed by atoms with Gasteiger partial charge >= 0.3 is 0 Å². The van der Waals surface area contributed by atoms with E-state index in [9.17, 15) is 0 Å². The highest BCUT2D eigenvalue weighted by Gasteiger charge is 2.23. The summed E-state index contributed by atoms with van der Waals surface area (Å²) in [5.74, 6) is 1.56. The molecule has 1 saturated heterocycles. The third kappa shape index (κ3) is 3.77. The van der Waals surface area contributed by atoms with E-state index in [2.05, 4.69) is 54.9 Å². The molecule has 5 heteroatoms. The second kappa shape index (κ2) is 8.38. The van der Waals surface area contributed by atoms with Crippen LogP contribution in [0.5, 0.6) is 0 Å². The number of benzene rings is 1. The molecule has 3 nitrogen and oxygen atoms in total. The molecule has 0 radical (unpaired) electrons. The zero-order valence-electron chi connectivity index (χ0n) is 17.0. The Balaban J connectivity index is 1.91. The summed E-state index contributed by atoms with van der Waals surface area (Å²) in [6.45, 7) is 8.79. The van der Waals surface area contributed by atoms with E-state index in [4.69, 9.17) is 16.6 Å². The molecule has 3 aromatic rings. The number of aromatic nitrogens is 2. The first-order chi connectivity index (χ1) is 13.6. The number of rotatable bonds is 4. The van der Waals surface area contributed by atoms with E-state index in [-0.39, 0.29) is 0 Å². The van der Waals surface area contributed by atoms with Gasteiger partial charge in [-0.25, -0.2) is 4.98 Å². The zero-order valence-corrected chi connectivity index (χ0v) is 18.5. The summed E-state index contributed by atoms with van der Waals surface area (Å²) in [6, 6.07) is 9.03. The van der Waals surface area contributed by atoms with Crippen LogP contribution >= 0.6 is 22.9 Å². The SMILES string of the molecule is CCc1sc2nc(Cl)nc(N3CCCCCC3)c2c1-c1ccc(C(C)C)cc1. The molecule has 2 aromatic heterocycles. The molecule has 148 valence electrons. The maximum atomic E-state index is 6.35. The van der Waals surface area contributed by atoms with Crippen LogP contribution in [0.25, 0.3) is 21.3 Å². The predicted molar refractivity (Wildman–Crippen MR) is 122 cm³/mol. The topological polar surface area (TPSA) is 29.0 Å². The summed E-state index contributed by atoms with van der Waals surface area (Å²) in [4.78, 5) is 14.1. The van der Waals surface area contributed by atoms with Gasteiger partial charge in [-0.05, 0) is 47.9 Å². The highest BCUT2D eigenvalue weighted by molar-refractivity contribution is 7.19. The monoisotopic (exact) mass is 413 g/mol. The summed E-state index contributed by atoms with van der Waals surface area (Å²) in [7, 11) is 0. The normalized spacial score (nSPS) is 15.4. The van der Waals surface area contributed by atoms with Gasteiger partial charge in [-0.3, -0.25) is 0 Å². The standard InChI is InChI=1S/C23H28ClN3S/c1-4-18-19(17-11-9-16(10-12-17)15(2)3)20-21(25-23(24)26-22(20)28-18)27-13-7-5-6-8-14-27/h9-12,15H,4-8,13-14H2,1-3H3. The van der Waals surface area contributed by atoms with Gasteiger partial charge in [-0.1, -0.05) is 57.9 Å². The summed E-state index contributed by atoms with van der Waals surface area (Å²) >= 11 is 8.11. The second-order valence-corrected chi connectivity index (χ2v) is 9.35. The third-order valence-electron chi connectivity index (χ3n) is 5.67. The lowest BCUT2D eigenvalue weighted by atomic mass is 9.97. The van der Waals surface area contributed by atoms with Crippen LogP contribution in [0.4, 0.5) is 5.82 Å². The molecule has 1 aliphatic heterocycles. The fourth-order valence-electron chi connectivity index (χ4n) is 4.10. The number of aryl methyl sites for hydroxylation is 1. The lowest BCUT2D eigenvalue weighted by Crippen LogP contribution is -2.25. The molecular formula is C23H28ClN3S. The minimum absolute atomic E-state index is 0.359. The van der Waals surface area contributed by atoms with Crippen LogP contribution in [0.3, 0.4) is 0 Å². The Morgan fingerprint density at radius 1 is 1.04 bits per heavy atom. The highest BCUT2D eigenvalue weighted by atomic mass is 35.5. The number of anilines is 1. The summed E-state index contributed by atoms with van der Waals surface area (Å²) in [6.07, 6.45) is 6.01. The van der Waals surface area contributed by atoms with Gasteiger partial charge in [0.2, 0.25) is 5.28 Å². The number of fused-ring (bicyclic) bond motifs is 1. The van der Waals surface area contributed by atoms with Crippen LogP contribution in [0, 0.1) is 0 Å². The molecule has 3 heterocycles. The van der Waals surface area contributed by atoms with Crippen molar-refractivity contribution in [1.29, 1.82) is 0 Å². The van der Waals surface area contributed by atoms with Crippen molar-refractivity contribution < 1.29 is 0 Å². The van der Waals surface area contributed by atoms with Crippen molar-refractivity contribution >= 4 is 39.0 Å². The minimum Gasteiger partial charge on any atom is -0.356 e. The van der Waals surface area contributed by atoms with Crippen molar-refractivity contribution in [1.82, 2.24) is 9.97 Å². The van der Waals surface area contributed by atoms with Gasteiger partial charge in [-0.2, -0.15) is 4.98 Å². The first-order valence-corrected chi connectivity index (χ1v) is 11.6. The number of hydrogen-bond donors (Lipinski definition) is 0. The number of hydrogen-bond acceptors (Lipinski definition) is 4. The van der Waals surface area contributed by atoms with Crippen molar-refractivity contribution in [3.63, 3.8) is 0 Å². The maximum Gasteiger partial charge on any atom is 0.225 e. The Bertz CT molecular complexity index is 954. The summed E-state index contributed by atoms with van der Waals surface area (Å²) in [5, 5.41) is 1.54. The van der Waals surface area contributed by atoms with E-state index in [1.807, 2.05) is 0 Å². The average molecular weight is 414 g/mol. The van der Waals surface area contributed by atoms with E-state index < -0.39 is 0 Å². The van der Waals surface area contributed by atoms with E-state index in [1.54, 1.807) is 11.3 Å².